The number of nitrogens with zero attached hydrogens (tertiary/aromatic N) is 4. The number of amides is 2. The summed E-state index contributed by atoms with van der Waals surface area (Å²) >= 11 is 0. The molecule has 5 rings (SSSR count). The molecule has 2 aliphatic rings. The molecule has 4 N–H and O–H groups in total. The second-order valence-electron chi connectivity index (χ2n) is 16.4. The minimum Gasteiger partial charge on any atom is -0.355 e. The number of nitrogens with one attached hydrogen (secondary N) is 4. The number of hydrogen-bond donors (Lipinski definition) is 4. The Hall–Kier alpha value is -4.54. The van der Waals surface area contributed by atoms with Crippen LogP contribution in [0.25, 0.3) is 44.4 Å². The van der Waals surface area contributed by atoms with E-state index in [9.17, 15) is 9.59 Å². The quantitative estimate of drug-likeness (QED) is 0.0750. The Kier molecular flexibility index (Phi) is 17.3. The highest BCUT2D eigenvalue weighted by Gasteiger charge is 2.23. The number of carbonyl (C=O) groups excluding carboxylic acids is 2. The molecule has 8 bridgehead atoms. The lowest BCUT2D eigenvalue weighted by Crippen LogP contribution is -2.32. The predicted molar refractivity (Wildman–Crippen MR) is 253 cm³/mol. The van der Waals surface area contributed by atoms with E-state index in [1.807, 2.05) is 9.80 Å². The van der Waals surface area contributed by atoms with Crippen LogP contribution in [0.2, 0.25) is 0 Å². The van der Waals surface area contributed by atoms with Crippen LogP contribution in [0.4, 0.5) is 0 Å². The Morgan fingerprint density at radius 3 is 1.52 bits per heavy atom. The zero-order valence-corrected chi connectivity index (χ0v) is 38.6. The molecule has 2 aliphatic heterocycles. The Balaban J connectivity index is 1.63. The fraction of sp³-hybridized carbons (Fsp3) is 0.560. The average molecular weight is 819 g/mol. The standard InChI is InChI=1S/C50H74N8O2/c1-11-37-33(7)41-29-42-35(9)39(21-23-49(59)57(15-5)27-19-17-25-51-13-3)47(55-42)32-48-40(22-24-50(60)58(16-6)28-20-18-26-52-14-4)36(10)44(56-48)31-46-38(12-2)34(8)43(54-46)30-45(37)53-41/h29-32,51-53,56H,11-28H2,1-10H3. The van der Waals surface area contributed by atoms with Crippen LogP contribution >= 0.6 is 0 Å². The third kappa shape index (κ3) is 11.0. The van der Waals surface area contributed by atoms with Crippen LogP contribution in [0.1, 0.15) is 152 Å². The van der Waals surface area contributed by atoms with Gasteiger partial charge < -0.3 is 30.4 Å². The van der Waals surface area contributed by atoms with E-state index in [2.05, 4.69) is 114 Å². The second kappa shape index (κ2) is 22.3. The van der Waals surface area contributed by atoms with Gasteiger partial charge in [-0.25, -0.2) is 9.97 Å². The summed E-state index contributed by atoms with van der Waals surface area (Å²) in [5, 5.41) is 6.79. The van der Waals surface area contributed by atoms with Gasteiger partial charge in [0, 0.05) is 61.1 Å². The number of unbranched alkanes of at least 4 members (excludes halogenated alkanes) is 2. The second-order valence-corrected chi connectivity index (χ2v) is 16.4. The summed E-state index contributed by atoms with van der Waals surface area (Å²) in [4.78, 5) is 49.7. The van der Waals surface area contributed by atoms with Crippen LogP contribution in [-0.4, -0.2) is 93.9 Å². The van der Waals surface area contributed by atoms with Crippen molar-refractivity contribution < 1.29 is 9.59 Å². The first-order chi connectivity index (χ1) is 29.0. The molecule has 0 aliphatic carbocycles. The van der Waals surface area contributed by atoms with Gasteiger partial charge in [0.05, 0.1) is 22.8 Å². The fourth-order valence-corrected chi connectivity index (χ4v) is 8.91. The lowest BCUT2D eigenvalue weighted by molar-refractivity contribution is -0.131. The van der Waals surface area contributed by atoms with E-state index in [0.29, 0.717) is 38.8 Å². The molecule has 0 aromatic carbocycles. The Labute approximate surface area is 360 Å². The van der Waals surface area contributed by atoms with Crippen molar-refractivity contribution in [3.05, 3.63) is 69.3 Å². The predicted octanol–water partition coefficient (Wildman–Crippen LogP) is 9.95. The van der Waals surface area contributed by atoms with Crippen LogP contribution in [0.3, 0.4) is 0 Å². The number of hydrogen-bond acceptors (Lipinski definition) is 6. The molecule has 0 fully saturated rings. The fourth-order valence-electron chi connectivity index (χ4n) is 8.91. The first-order valence-corrected chi connectivity index (χ1v) is 23.1. The van der Waals surface area contributed by atoms with Crippen molar-refractivity contribution in [3.8, 4) is 0 Å². The van der Waals surface area contributed by atoms with Crippen LogP contribution < -0.4 is 10.6 Å². The van der Waals surface area contributed by atoms with Crippen molar-refractivity contribution in [1.82, 2.24) is 40.4 Å². The van der Waals surface area contributed by atoms with Gasteiger partial charge in [-0.1, -0.05) is 27.7 Å². The summed E-state index contributed by atoms with van der Waals surface area (Å²) in [6.45, 7) is 28.3. The van der Waals surface area contributed by atoms with Crippen molar-refractivity contribution >= 4 is 56.2 Å². The minimum absolute atomic E-state index is 0.182. The molecule has 0 radical (unpaired) electrons. The summed E-state index contributed by atoms with van der Waals surface area (Å²) in [6, 6.07) is 8.77. The minimum atomic E-state index is 0.182. The smallest absolute Gasteiger partial charge is 0.222 e. The van der Waals surface area contributed by atoms with Gasteiger partial charge in [-0.05, 0) is 188 Å². The first-order valence-electron chi connectivity index (χ1n) is 23.1. The van der Waals surface area contributed by atoms with Crippen molar-refractivity contribution in [3.63, 3.8) is 0 Å². The average Bonchev–Trinajstić information content (AvgIpc) is 3.90. The molecule has 0 saturated heterocycles. The van der Waals surface area contributed by atoms with Gasteiger partial charge in [0.1, 0.15) is 0 Å². The molecule has 60 heavy (non-hydrogen) atoms. The maximum absolute atomic E-state index is 13.8. The summed E-state index contributed by atoms with van der Waals surface area (Å²) in [6.07, 6.45) is 7.90. The topological polar surface area (TPSA) is 122 Å². The highest BCUT2D eigenvalue weighted by atomic mass is 16.2. The summed E-state index contributed by atoms with van der Waals surface area (Å²) < 4.78 is 0. The van der Waals surface area contributed by atoms with Gasteiger partial charge >= 0.3 is 0 Å². The molecular weight excluding hydrogens is 745 g/mol. The van der Waals surface area contributed by atoms with Gasteiger partial charge in [0.2, 0.25) is 11.8 Å². The van der Waals surface area contributed by atoms with Gasteiger partial charge in [-0.2, -0.15) is 0 Å². The lowest BCUT2D eigenvalue weighted by Gasteiger charge is -2.21. The maximum Gasteiger partial charge on any atom is 0.222 e. The molecule has 3 aromatic heterocycles. The number of carbonyl (C=O) groups is 2. The van der Waals surface area contributed by atoms with E-state index >= 15 is 0 Å². The van der Waals surface area contributed by atoms with Gasteiger partial charge in [-0.15, -0.1) is 0 Å². The first kappa shape index (κ1) is 46.5. The molecule has 3 aromatic rings. The molecule has 0 unspecified atom stereocenters. The van der Waals surface area contributed by atoms with E-state index < -0.39 is 0 Å². The van der Waals surface area contributed by atoms with Gasteiger partial charge in [-0.3, -0.25) is 9.59 Å². The molecular formula is C50H74N8O2. The molecule has 326 valence electrons. The number of H-pyrrole nitrogens is 2. The number of aromatic nitrogens is 4. The molecule has 10 heteroatoms. The van der Waals surface area contributed by atoms with E-state index in [-0.39, 0.29) is 11.8 Å². The van der Waals surface area contributed by atoms with E-state index in [1.54, 1.807) is 0 Å². The van der Waals surface area contributed by atoms with Crippen LogP contribution in [0, 0.1) is 13.8 Å². The van der Waals surface area contributed by atoms with Crippen LogP contribution in [-0.2, 0) is 22.4 Å². The monoisotopic (exact) mass is 819 g/mol. The number of rotatable bonds is 22. The largest absolute Gasteiger partial charge is 0.355 e. The Morgan fingerprint density at radius 2 is 1.00 bits per heavy atom. The highest BCUT2D eigenvalue weighted by molar-refractivity contribution is 5.95. The van der Waals surface area contributed by atoms with Crippen molar-refractivity contribution in [2.24, 2.45) is 0 Å². The van der Waals surface area contributed by atoms with Gasteiger partial charge in [0.15, 0.2) is 0 Å². The van der Waals surface area contributed by atoms with E-state index in [0.717, 1.165) is 145 Å². The molecule has 10 nitrogen and oxygen atoms in total. The van der Waals surface area contributed by atoms with Crippen molar-refractivity contribution in [1.29, 1.82) is 0 Å². The summed E-state index contributed by atoms with van der Waals surface area (Å²) in [5.74, 6) is 0.368. The van der Waals surface area contributed by atoms with E-state index in [4.69, 9.17) is 9.97 Å². The summed E-state index contributed by atoms with van der Waals surface area (Å²) in [7, 11) is 0. The molecule has 0 atom stereocenters. The zero-order valence-electron chi connectivity index (χ0n) is 38.6. The van der Waals surface area contributed by atoms with Crippen molar-refractivity contribution in [2.75, 3.05) is 52.4 Å². The highest BCUT2D eigenvalue weighted by Crippen LogP contribution is 2.37. The number of allylic oxidation sites excluding steroid dienone is 4. The number of aryl methyl sites for hydroxylation is 4. The molecule has 5 heterocycles. The molecule has 0 spiro atoms. The number of fused-ring (bicyclic) bond motifs is 8. The summed E-state index contributed by atoms with van der Waals surface area (Å²) in [5.41, 5.74) is 17.2. The Bertz CT molecular complexity index is 2210. The molecule has 2 amide bonds. The van der Waals surface area contributed by atoms with Crippen molar-refractivity contribution in [2.45, 2.75) is 133 Å². The lowest BCUT2D eigenvalue weighted by atomic mass is 9.99. The van der Waals surface area contributed by atoms with Gasteiger partial charge in [0.25, 0.3) is 0 Å². The van der Waals surface area contributed by atoms with Crippen LogP contribution in [0.5, 0.6) is 0 Å². The SMILES string of the molecule is CCNCCCCN(CC)C(=O)CCC1=C(C)c2cc3[nH]c(cc4nc(cc5[nH]c(cc1n2)c(CCC(=O)N(CC)CCCCNCC)c5C)C(CC)=C4C)c(CC)c3C. The maximum atomic E-state index is 13.8. The normalized spacial score (nSPS) is 12.8. The zero-order chi connectivity index (χ0) is 43.3. The number of aromatic amines is 2. The van der Waals surface area contributed by atoms with Crippen LogP contribution in [0.15, 0.2) is 24.3 Å². The molecule has 0 saturated carbocycles. The third-order valence-corrected chi connectivity index (χ3v) is 12.7. The Morgan fingerprint density at radius 1 is 0.550 bits per heavy atom. The third-order valence-electron chi connectivity index (χ3n) is 12.7. The van der Waals surface area contributed by atoms with E-state index in [1.165, 1.54) is 22.3 Å².